The number of H-pyrrole nitrogens is 1. The molecule has 0 aromatic carbocycles. The molecule has 2 N–H and O–H groups in total. The second-order valence-corrected chi connectivity index (χ2v) is 5.58. The number of hydrogen-bond acceptors (Lipinski definition) is 3. The molecule has 2 rings (SSSR count). The van der Waals surface area contributed by atoms with Gasteiger partial charge < -0.3 is 15.2 Å². The van der Waals surface area contributed by atoms with Crippen molar-refractivity contribution in [1.82, 2.24) is 20.2 Å². The minimum Gasteiger partial charge on any atom is -0.350 e. The number of piperidine rings is 1. The molecule has 6 nitrogen and oxygen atoms in total. The molecule has 2 amide bonds. The fourth-order valence-electron chi connectivity index (χ4n) is 2.27. The highest BCUT2D eigenvalue weighted by atomic mass is 16.2. The molecule has 0 saturated carbocycles. The van der Waals surface area contributed by atoms with E-state index in [-0.39, 0.29) is 17.5 Å². The Morgan fingerprint density at radius 2 is 2.05 bits per heavy atom. The first-order valence-corrected chi connectivity index (χ1v) is 7.20. The maximum Gasteiger partial charge on any atom is 0.272 e. The van der Waals surface area contributed by atoms with Crippen LogP contribution in [0.3, 0.4) is 0 Å². The number of imidazole rings is 1. The van der Waals surface area contributed by atoms with E-state index in [0.29, 0.717) is 18.2 Å². The van der Waals surface area contributed by atoms with Crippen molar-refractivity contribution in [2.75, 3.05) is 19.6 Å². The van der Waals surface area contributed by atoms with Crippen molar-refractivity contribution >= 4 is 11.8 Å². The fraction of sp³-hybridized carbons (Fsp3) is 0.643. The molecule has 1 saturated heterocycles. The molecule has 0 aliphatic carbocycles. The van der Waals surface area contributed by atoms with Crippen molar-refractivity contribution in [3.05, 3.63) is 17.7 Å². The standard InChI is InChI=1S/C14H22N4O2/c1-10(2)8-15-13(19)11-12(17-9-16-11)14(20)18-6-4-3-5-7-18/h9-10H,3-8H2,1-2H3,(H,15,19)(H,16,17). The number of hydrogen-bond donors (Lipinski definition) is 2. The topological polar surface area (TPSA) is 78.1 Å². The van der Waals surface area contributed by atoms with Gasteiger partial charge in [0, 0.05) is 19.6 Å². The van der Waals surface area contributed by atoms with Crippen LogP contribution in [-0.4, -0.2) is 46.3 Å². The van der Waals surface area contributed by atoms with Crippen molar-refractivity contribution in [2.45, 2.75) is 33.1 Å². The first-order valence-electron chi connectivity index (χ1n) is 7.20. The molecule has 20 heavy (non-hydrogen) atoms. The number of aromatic nitrogens is 2. The van der Waals surface area contributed by atoms with Gasteiger partial charge in [-0.3, -0.25) is 9.59 Å². The molecule has 0 atom stereocenters. The molecule has 0 unspecified atom stereocenters. The van der Waals surface area contributed by atoms with E-state index in [1.54, 1.807) is 4.90 Å². The smallest absolute Gasteiger partial charge is 0.272 e. The average Bonchev–Trinajstić information content (AvgIpc) is 2.94. The molecule has 110 valence electrons. The number of nitrogens with one attached hydrogen (secondary N) is 2. The van der Waals surface area contributed by atoms with Crippen molar-refractivity contribution in [2.24, 2.45) is 5.92 Å². The number of nitrogens with zero attached hydrogens (tertiary/aromatic N) is 2. The predicted molar refractivity (Wildman–Crippen MR) is 75.5 cm³/mol. The van der Waals surface area contributed by atoms with E-state index < -0.39 is 0 Å². The summed E-state index contributed by atoms with van der Waals surface area (Å²) >= 11 is 0. The molecular formula is C14H22N4O2. The summed E-state index contributed by atoms with van der Waals surface area (Å²) in [6.07, 6.45) is 4.61. The van der Waals surface area contributed by atoms with Crippen molar-refractivity contribution < 1.29 is 9.59 Å². The van der Waals surface area contributed by atoms with Gasteiger partial charge in [-0.05, 0) is 25.2 Å². The number of carbonyl (C=O) groups excluding carboxylic acids is 2. The highest BCUT2D eigenvalue weighted by molar-refractivity contribution is 6.04. The minimum atomic E-state index is -0.291. The Balaban J connectivity index is 2.07. The van der Waals surface area contributed by atoms with E-state index in [1.807, 2.05) is 13.8 Å². The second kappa shape index (κ2) is 6.54. The molecule has 1 aliphatic heterocycles. The number of rotatable bonds is 4. The van der Waals surface area contributed by atoms with Crippen molar-refractivity contribution in [1.29, 1.82) is 0 Å². The molecule has 0 bridgehead atoms. The van der Waals surface area contributed by atoms with Gasteiger partial charge in [0.25, 0.3) is 11.8 Å². The molecule has 1 aromatic rings. The zero-order valence-electron chi connectivity index (χ0n) is 12.1. The summed E-state index contributed by atoms with van der Waals surface area (Å²) in [6.45, 7) is 6.12. The van der Waals surface area contributed by atoms with Gasteiger partial charge in [0.1, 0.15) is 5.69 Å². The van der Waals surface area contributed by atoms with E-state index in [0.717, 1.165) is 32.4 Å². The first-order chi connectivity index (χ1) is 9.59. The maximum absolute atomic E-state index is 12.4. The molecule has 0 radical (unpaired) electrons. The third kappa shape index (κ3) is 3.37. The van der Waals surface area contributed by atoms with E-state index >= 15 is 0 Å². The normalized spacial score (nSPS) is 15.4. The third-order valence-corrected chi connectivity index (χ3v) is 3.38. The number of aromatic amines is 1. The quantitative estimate of drug-likeness (QED) is 0.874. The number of likely N-dealkylation sites (tertiary alicyclic amines) is 1. The average molecular weight is 278 g/mol. The van der Waals surface area contributed by atoms with Gasteiger partial charge in [0.2, 0.25) is 0 Å². The zero-order valence-corrected chi connectivity index (χ0v) is 12.1. The lowest BCUT2D eigenvalue weighted by Crippen LogP contribution is -2.37. The van der Waals surface area contributed by atoms with Crippen LogP contribution in [0.15, 0.2) is 6.33 Å². The van der Waals surface area contributed by atoms with E-state index in [1.165, 1.54) is 6.33 Å². The summed E-state index contributed by atoms with van der Waals surface area (Å²) in [5.74, 6) is -0.0589. The Bertz CT molecular complexity index is 475. The van der Waals surface area contributed by atoms with Gasteiger partial charge in [-0.25, -0.2) is 4.98 Å². The maximum atomic E-state index is 12.4. The lowest BCUT2D eigenvalue weighted by molar-refractivity contribution is 0.0713. The molecule has 0 spiro atoms. The lowest BCUT2D eigenvalue weighted by atomic mass is 10.1. The van der Waals surface area contributed by atoms with Crippen LogP contribution < -0.4 is 5.32 Å². The summed E-state index contributed by atoms with van der Waals surface area (Å²) in [7, 11) is 0. The monoisotopic (exact) mass is 278 g/mol. The summed E-state index contributed by atoms with van der Waals surface area (Å²) in [5, 5.41) is 2.79. The van der Waals surface area contributed by atoms with Crippen LogP contribution in [0.4, 0.5) is 0 Å². The van der Waals surface area contributed by atoms with Crippen molar-refractivity contribution in [3.8, 4) is 0 Å². The SMILES string of the molecule is CC(C)CNC(=O)c1nc[nH]c1C(=O)N1CCCCC1. The summed E-state index contributed by atoms with van der Waals surface area (Å²) in [5.41, 5.74) is 0.495. The molecule has 1 aromatic heterocycles. The highest BCUT2D eigenvalue weighted by Crippen LogP contribution is 2.14. The number of carbonyl (C=O) groups is 2. The van der Waals surface area contributed by atoms with Crippen LogP contribution in [-0.2, 0) is 0 Å². The Morgan fingerprint density at radius 1 is 1.35 bits per heavy atom. The van der Waals surface area contributed by atoms with Crippen LogP contribution in [0.1, 0.15) is 54.1 Å². The minimum absolute atomic E-state index is 0.128. The van der Waals surface area contributed by atoms with Crippen molar-refractivity contribution in [3.63, 3.8) is 0 Å². The third-order valence-electron chi connectivity index (χ3n) is 3.38. The van der Waals surface area contributed by atoms with Crippen LogP contribution in [0.2, 0.25) is 0 Å². The highest BCUT2D eigenvalue weighted by Gasteiger charge is 2.25. The van der Waals surface area contributed by atoms with E-state index in [2.05, 4.69) is 15.3 Å². The van der Waals surface area contributed by atoms with E-state index in [9.17, 15) is 9.59 Å². The van der Waals surface area contributed by atoms with Gasteiger partial charge in [0.15, 0.2) is 5.69 Å². The Morgan fingerprint density at radius 3 is 2.70 bits per heavy atom. The van der Waals surface area contributed by atoms with Crippen LogP contribution in [0.5, 0.6) is 0 Å². The summed E-state index contributed by atoms with van der Waals surface area (Å²) < 4.78 is 0. The molecule has 2 heterocycles. The van der Waals surface area contributed by atoms with Gasteiger partial charge in [-0.2, -0.15) is 0 Å². The summed E-state index contributed by atoms with van der Waals surface area (Å²) in [4.78, 5) is 33.0. The Kier molecular flexibility index (Phi) is 4.76. The Hall–Kier alpha value is -1.85. The molecule has 1 fully saturated rings. The van der Waals surface area contributed by atoms with Crippen LogP contribution >= 0.6 is 0 Å². The van der Waals surface area contributed by atoms with Gasteiger partial charge >= 0.3 is 0 Å². The first kappa shape index (κ1) is 14.6. The lowest BCUT2D eigenvalue weighted by Gasteiger charge is -2.26. The zero-order chi connectivity index (χ0) is 14.5. The van der Waals surface area contributed by atoms with E-state index in [4.69, 9.17) is 0 Å². The largest absolute Gasteiger partial charge is 0.350 e. The predicted octanol–water partition coefficient (Wildman–Crippen LogP) is 1.42. The molecule has 1 aliphatic rings. The van der Waals surface area contributed by atoms with Gasteiger partial charge in [0.05, 0.1) is 6.33 Å². The van der Waals surface area contributed by atoms with Gasteiger partial charge in [-0.15, -0.1) is 0 Å². The molecule has 6 heteroatoms. The summed E-state index contributed by atoms with van der Waals surface area (Å²) in [6, 6.07) is 0. The fourth-order valence-corrected chi connectivity index (χ4v) is 2.27. The van der Waals surface area contributed by atoms with Crippen LogP contribution in [0.25, 0.3) is 0 Å². The second-order valence-electron chi connectivity index (χ2n) is 5.58. The van der Waals surface area contributed by atoms with Crippen LogP contribution in [0, 0.1) is 5.92 Å². The Labute approximate surface area is 119 Å². The number of amides is 2. The molecular weight excluding hydrogens is 256 g/mol. The van der Waals surface area contributed by atoms with Gasteiger partial charge in [-0.1, -0.05) is 13.8 Å².